The zero-order valence-electron chi connectivity index (χ0n) is 22.5. The summed E-state index contributed by atoms with van der Waals surface area (Å²) in [5, 5.41) is 20.3. The molecular formula is C25H20F7IN8O3S. The van der Waals surface area contributed by atoms with Crippen molar-refractivity contribution in [2.75, 3.05) is 5.32 Å². The summed E-state index contributed by atoms with van der Waals surface area (Å²) in [6.07, 6.45) is -4.68. The molecule has 0 fully saturated rings. The number of hydrogen-bond acceptors (Lipinski definition) is 9. The molecule has 11 nitrogen and oxygen atoms in total. The Labute approximate surface area is 266 Å². The first-order chi connectivity index (χ1) is 21.1. The number of amides is 2. The van der Waals surface area contributed by atoms with Crippen molar-refractivity contribution in [2.24, 2.45) is 0 Å². The van der Waals surface area contributed by atoms with Gasteiger partial charge in [0.1, 0.15) is 22.7 Å². The number of carbonyl (C=O) groups is 2. The molecule has 3 aromatic heterocycles. The van der Waals surface area contributed by atoms with Gasteiger partial charge in [0.15, 0.2) is 5.69 Å². The van der Waals surface area contributed by atoms with Crippen LogP contribution < -0.4 is 15.4 Å². The van der Waals surface area contributed by atoms with Crippen LogP contribution in [0.1, 0.15) is 38.7 Å². The average molecular weight is 772 g/mol. The van der Waals surface area contributed by atoms with Gasteiger partial charge in [-0.25, -0.2) is 13.5 Å². The Morgan fingerprint density at radius 2 is 1.87 bits per heavy atom. The average Bonchev–Trinajstić information content (AvgIpc) is 3.61. The van der Waals surface area contributed by atoms with Gasteiger partial charge in [-0.05, 0) is 36.8 Å². The van der Waals surface area contributed by atoms with E-state index in [0.29, 0.717) is 10.7 Å². The highest BCUT2D eigenvalue weighted by Crippen LogP contribution is 2.34. The highest BCUT2D eigenvalue weighted by molar-refractivity contribution is 14.1. The number of carbonyl (C=O) groups excluding carboxylic acids is 2. The van der Waals surface area contributed by atoms with Crippen LogP contribution in [0.25, 0.3) is 0 Å². The van der Waals surface area contributed by atoms with Crippen molar-refractivity contribution in [3.05, 3.63) is 76.1 Å². The van der Waals surface area contributed by atoms with E-state index in [0.717, 1.165) is 63.0 Å². The lowest BCUT2D eigenvalue weighted by atomic mass is 10.1. The molecule has 1 atom stereocenters. The predicted molar refractivity (Wildman–Crippen MR) is 152 cm³/mol. The van der Waals surface area contributed by atoms with Gasteiger partial charge in [-0.1, -0.05) is 16.6 Å². The third kappa shape index (κ3) is 10.6. The smallest absolute Gasteiger partial charge is 0.406 e. The van der Waals surface area contributed by atoms with Crippen LogP contribution in [0, 0.1) is 5.82 Å². The second-order valence-corrected chi connectivity index (χ2v) is 11.6. The van der Waals surface area contributed by atoms with E-state index in [-0.39, 0.29) is 47.9 Å². The van der Waals surface area contributed by atoms with Crippen LogP contribution in [0.5, 0.6) is 5.75 Å². The Hall–Kier alpha value is -3.95. The van der Waals surface area contributed by atoms with Crippen LogP contribution >= 0.6 is 33.9 Å². The molecule has 2 N–H and O–H groups in total. The van der Waals surface area contributed by atoms with Crippen LogP contribution in [0.2, 0.25) is 0 Å². The Morgan fingerprint density at radius 3 is 2.56 bits per heavy atom. The zero-order chi connectivity index (χ0) is 32.8. The second-order valence-electron chi connectivity index (χ2n) is 9.21. The number of aryl methyl sites for hydroxylation is 1. The quantitative estimate of drug-likeness (QED) is 0.109. The van der Waals surface area contributed by atoms with Gasteiger partial charge in [0.2, 0.25) is 11.0 Å². The van der Waals surface area contributed by atoms with Crippen molar-refractivity contribution >= 4 is 50.9 Å². The molecule has 0 aliphatic heterocycles. The molecule has 0 bridgehead atoms. The van der Waals surface area contributed by atoms with E-state index in [1.54, 1.807) is 0 Å². The van der Waals surface area contributed by atoms with E-state index in [2.05, 4.69) is 40.9 Å². The van der Waals surface area contributed by atoms with Crippen LogP contribution in [0.15, 0.2) is 42.7 Å². The van der Waals surface area contributed by atoms with E-state index in [4.69, 9.17) is 0 Å². The lowest BCUT2D eigenvalue weighted by Crippen LogP contribution is -2.23. The lowest BCUT2D eigenvalue weighted by molar-refractivity contribution is -0.274. The molecule has 4 aromatic rings. The largest absolute Gasteiger partial charge is 0.573 e. The van der Waals surface area contributed by atoms with Gasteiger partial charge >= 0.3 is 10.3 Å². The molecule has 2 amide bonds. The summed E-state index contributed by atoms with van der Waals surface area (Å²) in [6, 6.07) is 4.83. The number of nitrogens with one attached hydrogen (secondary N) is 2. The van der Waals surface area contributed by atoms with Crippen molar-refractivity contribution in [3.63, 3.8) is 0 Å². The van der Waals surface area contributed by atoms with Gasteiger partial charge in [0.05, 0.1) is 31.4 Å². The molecule has 0 saturated heterocycles. The first kappa shape index (κ1) is 33.9. The fourth-order valence-electron chi connectivity index (χ4n) is 3.65. The Balaban J connectivity index is 1.21. The number of rotatable bonds is 13. The van der Waals surface area contributed by atoms with Crippen molar-refractivity contribution in [2.45, 2.75) is 48.8 Å². The number of aromatic nitrogens is 6. The van der Waals surface area contributed by atoms with Crippen LogP contribution in [0.4, 0.5) is 35.9 Å². The van der Waals surface area contributed by atoms with Gasteiger partial charge in [0, 0.05) is 46.3 Å². The number of hydrogen-bond donors (Lipinski definition) is 2. The normalized spacial score (nSPS) is 12.5. The van der Waals surface area contributed by atoms with Crippen molar-refractivity contribution in [3.8, 4) is 5.75 Å². The summed E-state index contributed by atoms with van der Waals surface area (Å²) >= 11 is 1.91. The highest BCUT2D eigenvalue weighted by atomic mass is 127. The van der Waals surface area contributed by atoms with Gasteiger partial charge in [0.25, 0.3) is 5.91 Å². The maximum Gasteiger partial charge on any atom is 0.573 e. The molecule has 3 heterocycles. The van der Waals surface area contributed by atoms with Gasteiger partial charge < -0.3 is 15.4 Å². The lowest BCUT2D eigenvalue weighted by Gasteiger charge is -2.10. The molecule has 4 rings (SSSR count). The van der Waals surface area contributed by atoms with E-state index in [9.17, 15) is 40.3 Å². The van der Waals surface area contributed by atoms with Crippen LogP contribution in [-0.2, 0) is 34.7 Å². The minimum absolute atomic E-state index is 0.0227. The topological polar surface area (TPSA) is 137 Å². The maximum absolute atomic E-state index is 14.6. The van der Waals surface area contributed by atoms with Crippen LogP contribution in [-0.4, -0.2) is 54.5 Å². The first-order valence-corrected chi connectivity index (χ1v) is 14.5. The van der Waals surface area contributed by atoms with E-state index in [1.165, 1.54) is 18.3 Å². The molecule has 240 valence electrons. The molecule has 20 heteroatoms. The molecular weight excluding hydrogens is 752 g/mol. The number of pyridine rings is 1. The summed E-state index contributed by atoms with van der Waals surface area (Å²) in [7, 11) is 0. The summed E-state index contributed by atoms with van der Waals surface area (Å²) in [4.78, 5) is 28.5. The minimum atomic E-state index is -4.98. The van der Waals surface area contributed by atoms with Crippen molar-refractivity contribution < 1.29 is 45.1 Å². The molecule has 1 unspecified atom stereocenters. The monoisotopic (exact) mass is 772 g/mol. The highest BCUT2D eigenvalue weighted by Gasteiger charge is 2.31. The molecule has 1 aromatic carbocycles. The zero-order valence-corrected chi connectivity index (χ0v) is 25.5. The summed E-state index contributed by atoms with van der Waals surface area (Å²) in [6.45, 7) is -0.297. The summed E-state index contributed by atoms with van der Waals surface area (Å²) in [5.41, 5.74) is -0.371. The molecule has 45 heavy (non-hydrogen) atoms. The minimum Gasteiger partial charge on any atom is -0.406 e. The van der Waals surface area contributed by atoms with Crippen LogP contribution in [0.3, 0.4) is 0 Å². The second kappa shape index (κ2) is 14.4. The number of halogens is 8. The number of alkyl halides is 7. The van der Waals surface area contributed by atoms with Crippen molar-refractivity contribution in [1.82, 2.24) is 35.5 Å². The van der Waals surface area contributed by atoms with Gasteiger partial charge in [-0.15, -0.1) is 28.5 Å². The summed E-state index contributed by atoms with van der Waals surface area (Å²) < 4.78 is 94.2. The Morgan fingerprint density at radius 1 is 1.09 bits per heavy atom. The predicted octanol–water partition coefficient (Wildman–Crippen LogP) is 5.13. The molecule has 0 aliphatic carbocycles. The Kier molecular flexibility index (Phi) is 10.9. The number of anilines is 1. The van der Waals surface area contributed by atoms with E-state index in [1.807, 2.05) is 0 Å². The third-order valence-corrected chi connectivity index (χ3v) is 7.25. The van der Waals surface area contributed by atoms with E-state index < -0.39 is 46.3 Å². The molecule has 0 radical (unpaired) electrons. The summed E-state index contributed by atoms with van der Waals surface area (Å²) in [5.74, 6) is -2.99. The molecule has 0 spiro atoms. The van der Waals surface area contributed by atoms with Gasteiger partial charge in [-0.3, -0.25) is 14.6 Å². The standard InChI is InChI=1S/C25H20F7IN8O3S/c26-15(11-41-12-19(37-40-41)22(43)35-10-16-3-1-14(9-34-16)24(28,29)33)2-6-21-38-39-23(45-21)36-20(42)8-13-7-17(4-5-18(13)27)44-25(30,31)32/h1,3-5,7,9,12,15H,2,6,8,10-11H2,(H,35,43)(H,36,39,42). The fraction of sp³-hybridized carbons (Fsp3) is 0.320. The Bertz CT molecular complexity index is 1630. The number of nitrogens with zero attached hydrogens (tertiary/aromatic N) is 6. The van der Waals surface area contributed by atoms with Gasteiger partial charge in [-0.2, -0.15) is 8.78 Å². The SMILES string of the molecule is O=C(Cc1cc(OC(F)(F)F)ccc1F)Nc1nnc(CCC(F)Cn2cc(C(=O)NCc3ccc(C(F)(F)I)cn3)nn2)s1. The first-order valence-electron chi connectivity index (χ1n) is 12.7. The van der Waals surface area contributed by atoms with Crippen molar-refractivity contribution in [1.29, 1.82) is 0 Å². The number of benzene rings is 1. The molecule has 0 saturated carbocycles. The number of ether oxygens (including phenoxy) is 1. The third-order valence-electron chi connectivity index (χ3n) is 5.72. The maximum atomic E-state index is 14.6. The van der Waals surface area contributed by atoms with E-state index >= 15 is 0 Å². The molecule has 0 aliphatic rings. The fourth-order valence-corrected chi connectivity index (χ4v) is 4.74.